The van der Waals surface area contributed by atoms with E-state index in [4.69, 9.17) is 0 Å². The molecule has 0 spiro atoms. The zero-order chi connectivity index (χ0) is 18.4. The normalized spacial score (nSPS) is 10.5. The first-order valence-corrected chi connectivity index (χ1v) is 9.08. The molecule has 1 aromatic heterocycles. The average molecular weight is 366 g/mol. The summed E-state index contributed by atoms with van der Waals surface area (Å²) in [6.07, 6.45) is 0.419. The molecule has 132 valence electrons. The quantitative estimate of drug-likeness (QED) is 0.655. The van der Waals surface area contributed by atoms with Crippen LogP contribution in [0, 0.1) is 6.92 Å². The Morgan fingerprint density at radius 2 is 1.92 bits per heavy atom. The van der Waals surface area contributed by atoms with E-state index in [-0.39, 0.29) is 17.2 Å². The lowest BCUT2D eigenvalue weighted by atomic mass is 10.1. The number of thioether (sulfide) groups is 1. The van der Waals surface area contributed by atoms with Gasteiger partial charge in [-0.1, -0.05) is 54.2 Å². The maximum absolute atomic E-state index is 12.1. The van der Waals surface area contributed by atoms with Crippen LogP contribution in [-0.4, -0.2) is 26.8 Å². The van der Waals surface area contributed by atoms with Crippen LogP contribution in [0.2, 0.25) is 0 Å². The van der Waals surface area contributed by atoms with Crippen molar-refractivity contribution in [1.29, 1.82) is 0 Å². The van der Waals surface area contributed by atoms with E-state index in [9.17, 15) is 9.59 Å². The summed E-state index contributed by atoms with van der Waals surface area (Å²) in [7, 11) is 0. The molecule has 0 saturated carbocycles. The van der Waals surface area contributed by atoms with Gasteiger partial charge in [0.1, 0.15) is 5.69 Å². The van der Waals surface area contributed by atoms with Gasteiger partial charge in [-0.2, -0.15) is 0 Å². The molecule has 26 heavy (non-hydrogen) atoms. The van der Waals surface area contributed by atoms with Gasteiger partial charge < -0.3 is 5.32 Å². The van der Waals surface area contributed by atoms with Crippen LogP contribution in [0.5, 0.6) is 0 Å². The predicted molar refractivity (Wildman–Crippen MR) is 102 cm³/mol. The second kappa shape index (κ2) is 8.44. The van der Waals surface area contributed by atoms with Crippen LogP contribution < -0.4 is 10.9 Å². The number of rotatable bonds is 6. The Morgan fingerprint density at radius 1 is 1.12 bits per heavy atom. The first kappa shape index (κ1) is 17.9. The molecule has 0 radical (unpaired) electrons. The van der Waals surface area contributed by atoms with Crippen molar-refractivity contribution in [1.82, 2.24) is 15.2 Å². The lowest BCUT2D eigenvalue weighted by Crippen LogP contribution is -2.19. The molecule has 1 amide bonds. The molecular formula is C19H18N4O2S. The van der Waals surface area contributed by atoms with E-state index < -0.39 is 0 Å². The van der Waals surface area contributed by atoms with Crippen LogP contribution in [0.3, 0.4) is 0 Å². The summed E-state index contributed by atoms with van der Waals surface area (Å²) in [4.78, 5) is 26.8. The smallest absolute Gasteiger partial charge is 0.273 e. The van der Waals surface area contributed by atoms with Crippen LogP contribution >= 0.6 is 11.8 Å². The van der Waals surface area contributed by atoms with Gasteiger partial charge in [-0.15, -0.1) is 10.2 Å². The van der Waals surface area contributed by atoms with E-state index in [1.807, 2.05) is 61.5 Å². The number of hydrogen-bond donors (Lipinski definition) is 2. The number of benzene rings is 2. The van der Waals surface area contributed by atoms with Gasteiger partial charge in [-0.3, -0.25) is 14.6 Å². The topological polar surface area (TPSA) is 87.7 Å². The summed E-state index contributed by atoms with van der Waals surface area (Å²) in [5.41, 5.74) is 2.87. The molecule has 0 bridgehead atoms. The summed E-state index contributed by atoms with van der Waals surface area (Å²) < 4.78 is 0. The van der Waals surface area contributed by atoms with Crippen molar-refractivity contribution in [2.45, 2.75) is 18.5 Å². The summed E-state index contributed by atoms with van der Waals surface area (Å²) >= 11 is 1.14. The molecule has 0 aliphatic rings. The highest BCUT2D eigenvalue weighted by molar-refractivity contribution is 7.99. The van der Waals surface area contributed by atoms with Gasteiger partial charge >= 0.3 is 0 Å². The zero-order valence-electron chi connectivity index (χ0n) is 14.2. The monoisotopic (exact) mass is 366 g/mol. The Labute approximate surface area is 155 Å². The fourth-order valence-electron chi connectivity index (χ4n) is 2.37. The minimum absolute atomic E-state index is 0.136. The molecule has 0 aliphatic carbocycles. The summed E-state index contributed by atoms with van der Waals surface area (Å²) in [6, 6.07) is 17.2. The van der Waals surface area contributed by atoms with Gasteiger partial charge in [-0.25, -0.2) is 0 Å². The minimum atomic E-state index is -0.287. The zero-order valence-corrected chi connectivity index (χ0v) is 15.0. The Kier molecular flexibility index (Phi) is 5.80. The van der Waals surface area contributed by atoms with Crippen LogP contribution in [0.1, 0.15) is 16.8 Å². The third-order valence-electron chi connectivity index (χ3n) is 3.60. The fraction of sp³-hybridized carbons (Fsp3) is 0.158. The van der Waals surface area contributed by atoms with Crippen LogP contribution in [0.4, 0.5) is 5.69 Å². The number of nitrogens with one attached hydrogen (secondary N) is 2. The van der Waals surface area contributed by atoms with E-state index in [1.54, 1.807) is 0 Å². The molecule has 1 heterocycles. The maximum Gasteiger partial charge on any atom is 0.273 e. The third kappa shape index (κ3) is 5.03. The van der Waals surface area contributed by atoms with E-state index in [2.05, 4.69) is 20.5 Å². The van der Waals surface area contributed by atoms with Crippen molar-refractivity contribution >= 4 is 23.4 Å². The number of aromatic nitrogens is 3. The minimum Gasteiger partial charge on any atom is -0.325 e. The molecule has 0 fully saturated rings. The Balaban J connectivity index is 1.57. The molecule has 7 heteroatoms. The Morgan fingerprint density at radius 3 is 2.65 bits per heavy atom. The molecule has 6 nitrogen and oxygen atoms in total. The largest absolute Gasteiger partial charge is 0.325 e. The SMILES string of the molecule is Cc1cccc(NC(=O)CSc2nnc(Cc3ccccc3)c(=O)[nH]2)c1. The number of H-pyrrole nitrogens is 1. The number of carbonyl (C=O) groups excluding carboxylic acids is 1. The highest BCUT2D eigenvalue weighted by Gasteiger charge is 2.09. The van der Waals surface area contributed by atoms with E-state index in [1.165, 1.54) is 0 Å². The summed E-state index contributed by atoms with van der Waals surface area (Å²) in [5, 5.41) is 11.1. The number of anilines is 1. The standard InChI is InChI=1S/C19H18N4O2S/c1-13-6-5-9-15(10-13)20-17(24)12-26-19-21-18(25)16(22-23-19)11-14-7-3-2-4-8-14/h2-10H,11-12H2,1H3,(H,20,24)(H,21,23,25). The number of aryl methyl sites for hydroxylation is 1. The molecule has 3 aromatic rings. The van der Waals surface area contributed by atoms with Crippen molar-refractivity contribution in [3.8, 4) is 0 Å². The van der Waals surface area contributed by atoms with Crippen LogP contribution in [-0.2, 0) is 11.2 Å². The second-order valence-corrected chi connectivity index (χ2v) is 6.74. The summed E-state index contributed by atoms with van der Waals surface area (Å²) in [6.45, 7) is 1.96. The molecule has 3 rings (SSSR count). The molecule has 2 aromatic carbocycles. The van der Waals surface area contributed by atoms with Crippen molar-refractivity contribution in [2.24, 2.45) is 0 Å². The first-order valence-electron chi connectivity index (χ1n) is 8.09. The van der Waals surface area contributed by atoms with Crippen molar-refractivity contribution in [3.63, 3.8) is 0 Å². The molecule has 0 unspecified atom stereocenters. The first-order chi connectivity index (χ1) is 12.6. The molecule has 2 N–H and O–H groups in total. The van der Waals surface area contributed by atoms with Gasteiger partial charge in [0.05, 0.1) is 5.75 Å². The molecular weight excluding hydrogens is 348 g/mol. The summed E-state index contributed by atoms with van der Waals surface area (Å²) in [5.74, 6) is -0.0343. The van der Waals surface area contributed by atoms with Gasteiger partial charge in [0.15, 0.2) is 5.16 Å². The average Bonchev–Trinajstić information content (AvgIpc) is 2.63. The number of carbonyl (C=O) groups is 1. The number of amides is 1. The number of hydrogen-bond acceptors (Lipinski definition) is 5. The Hall–Kier alpha value is -2.93. The van der Waals surface area contributed by atoms with E-state index >= 15 is 0 Å². The van der Waals surface area contributed by atoms with Crippen LogP contribution in [0.15, 0.2) is 64.5 Å². The van der Waals surface area contributed by atoms with Crippen molar-refractivity contribution in [3.05, 3.63) is 81.8 Å². The van der Waals surface area contributed by atoms with Crippen molar-refractivity contribution < 1.29 is 4.79 Å². The molecule has 0 atom stereocenters. The lowest BCUT2D eigenvalue weighted by molar-refractivity contribution is -0.113. The lowest BCUT2D eigenvalue weighted by Gasteiger charge is -2.05. The van der Waals surface area contributed by atoms with E-state index in [0.717, 1.165) is 28.6 Å². The third-order valence-corrected chi connectivity index (χ3v) is 4.46. The molecule has 0 aliphatic heterocycles. The maximum atomic E-state index is 12.1. The fourth-order valence-corrected chi connectivity index (χ4v) is 2.97. The van der Waals surface area contributed by atoms with Gasteiger partial charge in [-0.05, 0) is 30.2 Å². The number of aromatic amines is 1. The van der Waals surface area contributed by atoms with Crippen LogP contribution in [0.25, 0.3) is 0 Å². The Bertz CT molecular complexity index is 957. The van der Waals surface area contributed by atoms with Gasteiger partial charge in [0.25, 0.3) is 5.56 Å². The predicted octanol–water partition coefficient (Wildman–Crippen LogP) is 2.79. The number of nitrogens with zero attached hydrogens (tertiary/aromatic N) is 2. The van der Waals surface area contributed by atoms with Gasteiger partial charge in [0, 0.05) is 12.1 Å². The highest BCUT2D eigenvalue weighted by atomic mass is 32.2. The molecule has 0 saturated heterocycles. The van der Waals surface area contributed by atoms with E-state index in [0.29, 0.717) is 17.3 Å². The van der Waals surface area contributed by atoms with Crippen molar-refractivity contribution in [2.75, 3.05) is 11.1 Å². The van der Waals surface area contributed by atoms with Gasteiger partial charge in [0.2, 0.25) is 5.91 Å². The highest BCUT2D eigenvalue weighted by Crippen LogP contribution is 2.13. The second-order valence-electron chi connectivity index (χ2n) is 5.77.